The Morgan fingerprint density at radius 2 is 2.15 bits per heavy atom. The molecular formula is C15H19NO4. The molecule has 0 aliphatic heterocycles. The summed E-state index contributed by atoms with van der Waals surface area (Å²) in [5, 5.41) is 12.9. The van der Waals surface area contributed by atoms with Crippen molar-refractivity contribution in [2.75, 3.05) is 25.1 Å². The molecule has 0 atom stereocenters. The third-order valence-electron chi connectivity index (χ3n) is 2.94. The number of furan rings is 1. The van der Waals surface area contributed by atoms with Crippen molar-refractivity contribution in [3.05, 3.63) is 30.0 Å². The summed E-state index contributed by atoms with van der Waals surface area (Å²) in [5.74, 6) is -0.259. The number of anilines is 1. The molecular weight excluding hydrogens is 258 g/mol. The van der Waals surface area contributed by atoms with Gasteiger partial charge in [-0.2, -0.15) is 0 Å². The summed E-state index contributed by atoms with van der Waals surface area (Å²) >= 11 is 0. The van der Waals surface area contributed by atoms with Crippen LogP contribution in [0, 0.1) is 0 Å². The highest BCUT2D eigenvalue weighted by Gasteiger charge is 2.21. The largest absolute Gasteiger partial charge is 0.460 e. The number of rotatable bonds is 7. The number of hydrogen-bond donors (Lipinski definition) is 2. The number of aliphatic hydroxyl groups is 1. The maximum atomic E-state index is 11.9. The fourth-order valence-corrected chi connectivity index (χ4v) is 2.01. The Bertz CT molecular complexity index is 576. The quantitative estimate of drug-likeness (QED) is 0.601. The molecule has 0 saturated carbocycles. The van der Waals surface area contributed by atoms with Crippen LogP contribution in [-0.2, 0) is 4.74 Å². The maximum Gasteiger partial charge on any atom is 0.376 e. The lowest BCUT2D eigenvalue weighted by Gasteiger charge is -2.06. The lowest BCUT2D eigenvalue weighted by Crippen LogP contribution is -2.09. The Morgan fingerprint density at radius 1 is 1.35 bits per heavy atom. The Morgan fingerprint density at radius 3 is 2.90 bits per heavy atom. The van der Waals surface area contributed by atoms with Gasteiger partial charge in [0.15, 0.2) is 0 Å². The first-order valence-corrected chi connectivity index (χ1v) is 6.81. The third kappa shape index (κ3) is 3.11. The van der Waals surface area contributed by atoms with Crippen LogP contribution in [-0.4, -0.2) is 30.8 Å². The van der Waals surface area contributed by atoms with Crippen LogP contribution in [0.5, 0.6) is 0 Å². The number of para-hydroxylation sites is 1. The number of ether oxygens (including phenoxy) is 1. The normalized spacial score (nSPS) is 10.7. The van der Waals surface area contributed by atoms with E-state index in [0.717, 1.165) is 18.2 Å². The second kappa shape index (κ2) is 6.96. The molecule has 0 spiro atoms. The van der Waals surface area contributed by atoms with Crippen LogP contribution < -0.4 is 5.32 Å². The van der Waals surface area contributed by atoms with Gasteiger partial charge in [0.05, 0.1) is 12.3 Å². The molecule has 108 valence electrons. The summed E-state index contributed by atoms with van der Waals surface area (Å²) in [4.78, 5) is 11.9. The molecule has 1 heterocycles. The van der Waals surface area contributed by atoms with E-state index in [1.165, 1.54) is 0 Å². The number of benzene rings is 1. The lowest BCUT2D eigenvalue weighted by molar-refractivity contribution is 0.0494. The first-order chi connectivity index (χ1) is 9.77. The molecule has 0 aliphatic rings. The van der Waals surface area contributed by atoms with Crippen molar-refractivity contribution in [2.24, 2.45) is 0 Å². The minimum absolute atomic E-state index is 0.165. The summed E-state index contributed by atoms with van der Waals surface area (Å²) in [6, 6.07) is 7.47. The van der Waals surface area contributed by atoms with Gasteiger partial charge in [0.25, 0.3) is 0 Å². The molecule has 1 aromatic carbocycles. The van der Waals surface area contributed by atoms with Crippen molar-refractivity contribution in [2.45, 2.75) is 19.8 Å². The van der Waals surface area contributed by atoms with Gasteiger partial charge in [0.1, 0.15) is 5.58 Å². The minimum atomic E-state index is -0.464. The van der Waals surface area contributed by atoms with E-state index in [-0.39, 0.29) is 12.4 Å². The Hall–Kier alpha value is -2.01. The third-order valence-corrected chi connectivity index (χ3v) is 2.94. The van der Waals surface area contributed by atoms with Gasteiger partial charge in [-0.25, -0.2) is 4.79 Å². The van der Waals surface area contributed by atoms with Gasteiger partial charge in [0, 0.05) is 18.5 Å². The zero-order valence-electron chi connectivity index (χ0n) is 11.5. The van der Waals surface area contributed by atoms with E-state index in [1.54, 1.807) is 6.92 Å². The molecule has 20 heavy (non-hydrogen) atoms. The van der Waals surface area contributed by atoms with Crippen LogP contribution in [0.1, 0.15) is 30.3 Å². The predicted molar refractivity (Wildman–Crippen MR) is 77.0 cm³/mol. The van der Waals surface area contributed by atoms with Gasteiger partial charge in [-0.1, -0.05) is 12.1 Å². The summed E-state index contributed by atoms with van der Waals surface area (Å²) in [7, 11) is 0. The average molecular weight is 277 g/mol. The highest BCUT2D eigenvalue weighted by Crippen LogP contribution is 2.31. The van der Waals surface area contributed by atoms with E-state index in [4.69, 9.17) is 14.3 Å². The molecule has 0 unspecified atom stereocenters. The van der Waals surface area contributed by atoms with Gasteiger partial charge in [-0.15, -0.1) is 0 Å². The van der Waals surface area contributed by atoms with Gasteiger partial charge in [-0.3, -0.25) is 0 Å². The summed E-state index contributed by atoms with van der Waals surface area (Å²) in [5.41, 5.74) is 1.32. The molecule has 0 aliphatic carbocycles. The van der Waals surface area contributed by atoms with Crippen molar-refractivity contribution in [3.8, 4) is 0 Å². The van der Waals surface area contributed by atoms with Gasteiger partial charge in [-0.05, 0) is 31.9 Å². The minimum Gasteiger partial charge on any atom is -0.460 e. The molecule has 2 N–H and O–H groups in total. The summed E-state index contributed by atoms with van der Waals surface area (Å²) in [6.07, 6.45) is 1.54. The highest BCUT2D eigenvalue weighted by molar-refractivity contribution is 6.04. The molecule has 0 bridgehead atoms. The second-order valence-electron chi connectivity index (χ2n) is 4.38. The van der Waals surface area contributed by atoms with Crippen LogP contribution in [0.25, 0.3) is 11.0 Å². The predicted octanol–water partition coefficient (Wildman–Crippen LogP) is 2.79. The van der Waals surface area contributed by atoms with Crippen molar-refractivity contribution in [1.82, 2.24) is 0 Å². The van der Waals surface area contributed by atoms with E-state index in [1.807, 2.05) is 24.3 Å². The standard InChI is InChI=1S/C15H19NO4/c1-2-19-15(18)14-13(16-9-5-6-10-17)11-7-3-4-8-12(11)20-14/h3-4,7-8,16-17H,2,5-6,9-10H2,1H3. The molecule has 5 nitrogen and oxygen atoms in total. The van der Waals surface area contributed by atoms with Crippen molar-refractivity contribution in [1.29, 1.82) is 0 Å². The number of unbranched alkanes of at least 4 members (excludes halogenated alkanes) is 1. The number of nitrogens with one attached hydrogen (secondary N) is 1. The number of esters is 1. The zero-order chi connectivity index (χ0) is 14.4. The number of aliphatic hydroxyl groups excluding tert-OH is 1. The highest BCUT2D eigenvalue weighted by atomic mass is 16.5. The molecule has 2 aromatic rings. The number of hydrogen-bond acceptors (Lipinski definition) is 5. The van der Waals surface area contributed by atoms with E-state index in [9.17, 15) is 4.79 Å². The molecule has 0 radical (unpaired) electrons. The van der Waals surface area contributed by atoms with E-state index >= 15 is 0 Å². The van der Waals surface area contributed by atoms with E-state index in [2.05, 4.69) is 5.32 Å². The number of carbonyl (C=O) groups is 1. The SMILES string of the molecule is CCOC(=O)c1oc2ccccc2c1NCCCCO. The van der Waals surface area contributed by atoms with Crippen molar-refractivity contribution >= 4 is 22.6 Å². The topological polar surface area (TPSA) is 71.7 Å². The van der Waals surface area contributed by atoms with Crippen molar-refractivity contribution in [3.63, 3.8) is 0 Å². The van der Waals surface area contributed by atoms with Gasteiger partial charge < -0.3 is 19.6 Å². The van der Waals surface area contributed by atoms with Crippen LogP contribution in [0.4, 0.5) is 5.69 Å². The Balaban J connectivity index is 2.27. The second-order valence-corrected chi connectivity index (χ2v) is 4.38. The van der Waals surface area contributed by atoms with Crippen LogP contribution in [0.15, 0.2) is 28.7 Å². The van der Waals surface area contributed by atoms with Gasteiger partial charge in [0.2, 0.25) is 5.76 Å². The number of fused-ring (bicyclic) bond motifs is 1. The van der Waals surface area contributed by atoms with Gasteiger partial charge >= 0.3 is 5.97 Å². The van der Waals surface area contributed by atoms with Crippen molar-refractivity contribution < 1.29 is 19.1 Å². The smallest absolute Gasteiger partial charge is 0.376 e. The zero-order valence-corrected chi connectivity index (χ0v) is 11.5. The molecule has 0 fully saturated rings. The summed E-state index contributed by atoms with van der Waals surface area (Å²) < 4.78 is 10.6. The monoisotopic (exact) mass is 277 g/mol. The van der Waals surface area contributed by atoms with E-state index < -0.39 is 5.97 Å². The summed E-state index contributed by atoms with van der Waals surface area (Å²) in [6.45, 7) is 2.89. The molecule has 0 amide bonds. The fraction of sp³-hybridized carbons (Fsp3) is 0.400. The first-order valence-electron chi connectivity index (χ1n) is 6.81. The molecule has 0 saturated heterocycles. The molecule has 5 heteroatoms. The van der Waals surface area contributed by atoms with Crippen LogP contribution in [0.2, 0.25) is 0 Å². The molecule has 2 rings (SSSR count). The van der Waals surface area contributed by atoms with E-state index in [0.29, 0.717) is 24.4 Å². The average Bonchev–Trinajstić information content (AvgIpc) is 2.83. The van der Waals surface area contributed by atoms with Crippen LogP contribution in [0.3, 0.4) is 0 Å². The lowest BCUT2D eigenvalue weighted by atomic mass is 10.2. The van der Waals surface area contributed by atoms with Crippen LogP contribution >= 0.6 is 0 Å². The Labute approximate surface area is 117 Å². The number of carbonyl (C=O) groups excluding carboxylic acids is 1. The Kier molecular flexibility index (Phi) is 5.01. The molecule has 1 aromatic heterocycles. The maximum absolute atomic E-state index is 11.9. The fourth-order valence-electron chi connectivity index (χ4n) is 2.01. The first kappa shape index (κ1) is 14.4.